The summed E-state index contributed by atoms with van der Waals surface area (Å²) in [5.41, 5.74) is 3.01. The number of hydrogen-bond donors (Lipinski definition) is 3. The number of benzene rings is 2. The van der Waals surface area contributed by atoms with Gasteiger partial charge in [-0.1, -0.05) is 24.3 Å². The molecule has 8 heteroatoms. The van der Waals surface area contributed by atoms with Crippen LogP contribution in [0.5, 0.6) is 5.75 Å². The van der Waals surface area contributed by atoms with E-state index in [4.69, 9.17) is 4.74 Å². The molecule has 2 aromatic rings. The number of fused-ring (bicyclic) bond motifs is 4. The van der Waals surface area contributed by atoms with Crippen molar-refractivity contribution in [2.45, 2.75) is 31.8 Å². The number of carbonyl (C=O) groups is 3. The Kier molecular flexibility index (Phi) is 5.02. The molecule has 2 saturated heterocycles. The quantitative estimate of drug-likeness (QED) is 0.599. The molecule has 0 saturated carbocycles. The molecule has 3 heterocycles. The second-order valence-electron chi connectivity index (χ2n) is 9.14. The number of anilines is 1. The van der Waals surface area contributed by atoms with Gasteiger partial charge >= 0.3 is 0 Å². The highest BCUT2D eigenvalue weighted by molar-refractivity contribution is 6.15. The Morgan fingerprint density at radius 2 is 1.79 bits per heavy atom. The molecule has 0 bridgehead atoms. The van der Waals surface area contributed by atoms with Gasteiger partial charge in [-0.2, -0.15) is 0 Å². The molecule has 33 heavy (non-hydrogen) atoms. The number of carbonyl (C=O) groups excluding carboxylic acids is 3. The molecule has 2 fully saturated rings. The zero-order valence-electron chi connectivity index (χ0n) is 18.8. The molecule has 5 rings (SSSR count). The van der Waals surface area contributed by atoms with Gasteiger partial charge in [0.2, 0.25) is 17.7 Å². The minimum absolute atomic E-state index is 0.153. The number of aromatic hydroxyl groups is 1. The van der Waals surface area contributed by atoms with Crippen LogP contribution in [0.1, 0.15) is 22.3 Å². The van der Waals surface area contributed by atoms with Gasteiger partial charge in [0.05, 0.1) is 25.0 Å². The third-order valence-electron chi connectivity index (χ3n) is 7.42. The van der Waals surface area contributed by atoms with Crippen LogP contribution < -0.4 is 10.6 Å². The van der Waals surface area contributed by atoms with Crippen molar-refractivity contribution < 1.29 is 24.2 Å². The molecule has 8 nitrogen and oxygen atoms in total. The van der Waals surface area contributed by atoms with Crippen LogP contribution in [0.15, 0.2) is 36.4 Å². The Morgan fingerprint density at radius 3 is 2.48 bits per heavy atom. The van der Waals surface area contributed by atoms with E-state index in [2.05, 4.69) is 10.6 Å². The standard InChI is InChI=1S/C25H27N3O5/c1-13-4-9-17-21(14(13)2)26-24(32)25(17)20-19(22(30)28(23(20)31)10-11-33-3)18(27-25)12-15-5-7-16(29)8-6-15/h4-9,18-20,27,29H,10-12H2,1-3H3,(H,26,32)/t18-,19-,20+,25+/m1/s1. The highest BCUT2D eigenvalue weighted by atomic mass is 16.5. The first-order chi connectivity index (χ1) is 15.8. The maximum absolute atomic E-state index is 13.6. The Morgan fingerprint density at radius 1 is 1.06 bits per heavy atom. The van der Waals surface area contributed by atoms with Crippen molar-refractivity contribution >= 4 is 23.4 Å². The summed E-state index contributed by atoms with van der Waals surface area (Å²) in [5.74, 6) is -2.29. The monoisotopic (exact) mass is 449 g/mol. The minimum atomic E-state index is -1.31. The van der Waals surface area contributed by atoms with E-state index in [9.17, 15) is 19.5 Å². The predicted molar refractivity (Wildman–Crippen MR) is 121 cm³/mol. The lowest BCUT2D eigenvalue weighted by molar-refractivity contribution is -0.143. The Labute approximate surface area is 191 Å². The fourth-order valence-electron chi connectivity index (χ4n) is 5.64. The van der Waals surface area contributed by atoms with Crippen molar-refractivity contribution in [3.05, 3.63) is 58.7 Å². The van der Waals surface area contributed by atoms with Gasteiger partial charge in [-0.25, -0.2) is 0 Å². The third-order valence-corrected chi connectivity index (χ3v) is 7.42. The molecule has 0 radical (unpaired) electrons. The molecule has 3 aliphatic heterocycles. The van der Waals surface area contributed by atoms with Crippen LogP contribution in [-0.2, 0) is 31.1 Å². The molecule has 3 amide bonds. The van der Waals surface area contributed by atoms with Crippen molar-refractivity contribution in [1.29, 1.82) is 0 Å². The van der Waals surface area contributed by atoms with Gasteiger partial charge in [-0.3, -0.25) is 24.6 Å². The number of phenols is 1. The first kappa shape index (κ1) is 21.6. The van der Waals surface area contributed by atoms with Crippen molar-refractivity contribution in [2.24, 2.45) is 11.8 Å². The van der Waals surface area contributed by atoms with Gasteiger partial charge in [0.15, 0.2) is 0 Å². The molecule has 0 aromatic heterocycles. The van der Waals surface area contributed by atoms with E-state index in [1.807, 2.05) is 26.0 Å². The maximum atomic E-state index is 13.6. The summed E-state index contributed by atoms with van der Waals surface area (Å²) >= 11 is 0. The van der Waals surface area contributed by atoms with E-state index < -0.39 is 23.4 Å². The van der Waals surface area contributed by atoms with Crippen LogP contribution in [0.25, 0.3) is 0 Å². The van der Waals surface area contributed by atoms with Crippen LogP contribution >= 0.6 is 0 Å². The molecule has 3 aliphatic rings. The summed E-state index contributed by atoms with van der Waals surface area (Å²) in [6.45, 7) is 4.31. The number of amides is 3. The average molecular weight is 450 g/mol. The summed E-state index contributed by atoms with van der Waals surface area (Å²) in [4.78, 5) is 41.9. The van der Waals surface area contributed by atoms with Crippen molar-refractivity contribution in [2.75, 3.05) is 25.6 Å². The summed E-state index contributed by atoms with van der Waals surface area (Å²) in [6, 6.07) is 10.2. The number of phenolic OH excluding ortho intramolecular Hbond substituents is 1. The zero-order chi connectivity index (χ0) is 23.5. The minimum Gasteiger partial charge on any atom is -0.508 e. The fraction of sp³-hybridized carbons (Fsp3) is 0.400. The third kappa shape index (κ3) is 3.01. The molecule has 0 unspecified atom stereocenters. The summed E-state index contributed by atoms with van der Waals surface area (Å²) < 4.78 is 5.11. The molecule has 3 N–H and O–H groups in total. The number of likely N-dealkylation sites (tertiary alicyclic amines) is 1. The molecule has 4 atom stereocenters. The Hall–Kier alpha value is -3.23. The number of nitrogens with one attached hydrogen (secondary N) is 2. The molecule has 0 aliphatic carbocycles. The number of hydrogen-bond acceptors (Lipinski definition) is 6. The van der Waals surface area contributed by atoms with E-state index >= 15 is 0 Å². The number of aryl methyl sites for hydroxylation is 1. The number of rotatable bonds is 5. The molecular weight excluding hydrogens is 422 g/mol. The van der Waals surface area contributed by atoms with E-state index in [1.54, 1.807) is 24.3 Å². The number of imide groups is 1. The van der Waals surface area contributed by atoms with Crippen LogP contribution in [0, 0.1) is 25.7 Å². The van der Waals surface area contributed by atoms with Gasteiger partial charge in [0, 0.05) is 24.4 Å². The number of ether oxygens (including phenoxy) is 1. The van der Waals surface area contributed by atoms with Crippen LogP contribution in [0.4, 0.5) is 5.69 Å². The van der Waals surface area contributed by atoms with Gasteiger partial charge in [0.1, 0.15) is 11.3 Å². The van der Waals surface area contributed by atoms with Crippen molar-refractivity contribution in [3.63, 3.8) is 0 Å². The summed E-state index contributed by atoms with van der Waals surface area (Å²) in [6.07, 6.45) is 0.438. The molecule has 172 valence electrons. The second kappa shape index (κ2) is 7.67. The SMILES string of the molecule is COCCN1C(=O)[C@H]2[C@@H](C1=O)[C@]1(N[C@@H]2Cc2ccc(O)cc2)C(=O)Nc2c1ccc(C)c2C. The van der Waals surface area contributed by atoms with Crippen LogP contribution in [-0.4, -0.2) is 54.0 Å². The first-order valence-corrected chi connectivity index (χ1v) is 11.1. The molecule has 2 aromatic carbocycles. The smallest absolute Gasteiger partial charge is 0.250 e. The lowest BCUT2D eigenvalue weighted by Crippen LogP contribution is -2.53. The van der Waals surface area contributed by atoms with Gasteiger partial charge in [-0.15, -0.1) is 0 Å². The second-order valence-corrected chi connectivity index (χ2v) is 9.14. The van der Waals surface area contributed by atoms with Crippen molar-refractivity contribution in [1.82, 2.24) is 10.2 Å². The zero-order valence-corrected chi connectivity index (χ0v) is 18.8. The van der Waals surface area contributed by atoms with Gasteiger partial charge in [-0.05, 0) is 49.1 Å². The molecule has 1 spiro atoms. The fourth-order valence-corrected chi connectivity index (χ4v) is 5.64. The highest BCUT2D eigenvalue weighted by Gasteiger charge is 2.70. The van der Waals surface area contributed by atoms with E-state index in [0.717, 1.165) is 16.7 Å². The van der Waals surface area contributed by atoms with Gasteiger partial charge in [0.25, 0.3) is 0 Å². The van der Waals surface area contributed by atoms with E-state index in [-0.39, 0.29) is 36.6 Å². The Balaban J connectivity index is 1.62. The molecular formula is C25H27N3O5. The highest BCUT2D eigenvalue weighted by Crippen LogP contribution is 2.54. The topological polar surface area (TPSA) is 108 Å². The van der Waals surface area contributed by atoms with Crippen LogP contribution in [0.3, 0.4) is 0 Å². The Bertz CT molecular complexity index is 1160. The largest absolute Gasteiger partial charge is 0.508 e. The first-order valence-electron chi connectivity index (χ1n) is 11.1. The predicted octanol–water partition coefficient (Wildman–Crippen LogP) is 1.62. The van der Waals surface area contributed by atoms with Crippen LogP contribution in [0.2, 0.25) is 0 Å². The number of nitrogens with zero attached hydrogens (tertiary/aromatic N) is 1. The maximum Gasteiger partial charge on any atom is 0.250 e. The average Bonchev–Trinajstić information content (AvgIpc) is 3.36. The van der Waals surface area contributed by atoms with Crippen molar-refractivity contribution in [3.8, 4) is 5.75 Å². The van der Waals surface area contributed by atoms with E-state index in [1.165, 1.54) is 12.0 Å². The number of methoxy groups -OCH3 is 1. The summed E-state index contributed by atoms with van der Waals surface area (Å²) in [5, 5.41) is 16.1. The van der Waals surface area contributed by atoms with E-state index in [0.29, 0.717) is 17.7 Å². The van der Waals surface area contributed by atoms with Gasteiger partial charge < -0.3 is 15.2 Å². The normalized spacial score (nSPS) is 27.9. The lowest BCUT2D eigenvalue weighted by atomic mass is 9.75. The lowest BCUT2D eigenvalue weighted by Gasteiger charge is -2.29. The summed E-state index contributed by atoms with van der Waals surface area (Å²) in [7, 11) is 1.52.